The van der Waals surface area contributed by atoms with E-state index in [9.17, 15) is 9.18 Å². The minimum atomic E-state index is -0.400. The summed E-state index contributed by atoms with van der Waals surface area (Å²) in [7, 11) is 0. The van der Waals surface area contributed by atoms with Crippen LogP contribution in [0.2, 0.25) is 0 Å². The first-order chi connectivity index (χ1) is 10.4. The van der Waals surface area contributed by atoms with Crippen LogP contribution in [-0.4, -0.2) is 12.6 Å². The lowest BCUT2D eigenvalue weighted by atomic mass is 10.1. The van der Waals surface area contributed by atoms with Crippen LogP contribution in [0.3, 0.4) is 0 Å². The van der Waals surface area contributed by atoms with Crippen LogP contribution in [0.15, 0.2) is 24.3 Å². The molecule has 2 rings (SSSR count). The molecule has 6 heteroatoms. The van der Waals surface area contributed by atoms with Crippen LogP contribution >= 0.6 is 11.3 Å². The molecule has 0 spiro atoms. The van der Waals surface area contributed by atoms with Gasteiger partial charge < -0.3 is 15.8 Å². The third-order valence-corrected chi connectivity index (χ3v) is 4.43. The van der Waals surface area contributed by atoms with Gasteiger partial charge in [-0.1, -0.05) is 13.8 Å². The van der Waals surface area contributed by atoms with Crippen molar-refractivity contribution >= 4 is 33.7 Å². The molecule has 4 nitrogen and oxygen atoms in total. The zero-order valence-corrected chi connectivity index (χ0v) is 13.6. The van der Waals surface area contributed by atoms with Crippen LogP contribution in [0.1, 0.15) is 41.9 Å². The van der Waals surface area contributed by atoms with Crippen molar-refractivity contribution in [3.05, 3.63) is 40.5 Å². The number of rotatable bonds is 5. The number of carbonyl (C=O) groups is 1. The maximum atomic E-state index is 13.1. The lowest BCUT2D eigenvalue weighted by Crippen LogP contribution is -2.06. The summed E-state index contributed by atoms with van der Waals surface area (Å²) in [6, 6.07) is 5.94. The number of anilines is 3. The predicted molar refractivity (Wildman–Crippen MR) is 88.5 cm³/mol. The van der Waals surface area contributed by atoms with E-state index in [-0.39, 0.29) is 11.7 Å². The number of nitrogen functional groups attached to an aromatic ring is 1. The topological polar surface area (TPSA) is 64.3 Å². The molecule has 0 unspecified atom stereocenters. The Hall–Kier alpha value is -2.08. The Morgan fingerprint density at radius 3 is 2.73 bits per heavy atom. The number of hydrogen-bond donors (Lipinski definition) is 2. The van der Waals surface area contributed by atoms with E-state index in [1.165, 1.54) is 23.5 Å². The number of carbonyl (C=O) groups excluding carboxylic acids is 1. The minimum absolute atomic E-state index is 0.286. The fraction of sp³-hybridized carbons (Fsp3) is 0.312. The highest BCUT2D eigenvalue weighted by Gasteiger charge is 2.19. The van der Waals surface area contributed by atoms with Crippen LogP contribution in [0.4, 0.5) is 20.8 Å². The number of thiophene rings is 1. The number of halogens is 1. The maximum absolute atomic E-state index is 13.1. The van der Waals surface area contributed by atoms with Gasteiger partial charge in [-0.25, -0.2) is 9.18 Å². The largest absolute Gasteiger partial charge is 0.462 e. The summed E-state index contributed by atoms with van der Waals surface area (Å²) >= 11 is 1.47. The molecule has 0 aliphatic rings. The SMILES string of the molecule is CCOC(=O)c1cc(C(C)C)sc1Nc1ccc(F)cc1N. The van der Waals surface area contributed by atoms with Crippen LogP contribution in [0, 0.1) is 5.82 Å². The van der Waals surface area contributed by atoms with Crippen molar-refractivity contribution in [1.29, 1.82) is 0 Å². The molecule has 22 heavy (non-hydrogen) atoms. The van der Waals surface area contributed by atoms with Gasteiger partial charge in [0.15, 0.2) is 0 Å². The van der Waals surface area contributed by atoms with Crippen molar-refractivity contribution in [2.75, 3.05) is 17.7 Å². The predicted octanol–water partition coefficient (Wildman–Crippen LogP) is 4.51. The monoisotopic (exact) mass is 322 g/mol. The molecule has 1 aromatic heterocycles. The lowest BCUT2D eigenvalue weighted by Gasteiger charge is -2.09. The summed E-state index contributed by atoms with van der Waals surface area (Å²) < 4.78 is 18.2. The quantitative estimate of drug-likeness (QED) is 0.628. The first kappa shape index (κ1) is 16.3. The maximum Gasteiger partial charge on any atom is 0.341 e. The standard InChI is InChI=1S/C16H19FN2O2S/c1-4-21-16(20)11-8-14(9(2)3)22-15(11)19-13-6-5-10(17)7-12(13)18/h5-9,19H,4,18H2,1-3H3. The van der Waals surface area contributed by atoms with Crippen LogP contribution < -0.4 is 11.1 Å². The molecule has 0 aliphatic carbocycles. The summed E-state index contributed by atoms with van der Waals surface area (Å²) in [5, 5.41) is 3.76. The molecule has 0 radical (unpaired) electrons. The molecule has 1 heterocycles. The third kappa shape index (κ3) is 3.57. The molecule has 118 valence electrons. The first-order valence-electron chi connectivity index (χ1n) is 7.05. The average molecular weight is 322 g/mol. The Labute approximate surface area is 133 Å². The third-order valence-electron chi connectivity index (χ3n) is 3.08. The van der Waals surface area contributed by atoms with Gasteiger partial charge in [0, 0.05) is 4.88 Å². The van der Waals surface area contributed by atoms with Gasteiger partial charge in [-0.2, -0.15) is 0 Å². The number of hydrogen-bond acceptors (Lipinski definition) is 5. The molecule has 0 saturated heterocycles. The van der Waals surface area contributed by atoms with Gasteiger partial charge >= 0.3 is 5.97 Å². The summed E-state index contributed by atoms with van der Waals surface area (Å²) in [5.41, 5.74) is 7.12. The van der Waals surface area contributed by atoms with Crippen LogP contribution in [-0.2, 0) is 4.74 Å². The Morgan fingerprint density at radius 2 is 2.14 bits per heavy atom. The van der Waals surface area contributed by atoms with Crippen LogP contribution in [0.25, 0.3) is 0 Å². The summed E-state index contributed by atoms with van der Waals surface area (Å²) in [6.07, 6.45) is 0. The van der Waals surface area contributed by atoms with Gasteiger partial charge in [-0.15, -0.1) is 11.3 Å². The Kier molecular flexibility index (Phi) is 5.03. The zero-order valence-electron chi connectivity index (χ0n) is 12.8. The second-order valence-electron chi connectivity index (χ2n) is 5.12. The van der Waals surface area contributed by atoms with Crippen molar-refractivity contribution in [2.24, 2.45) is 0 Å². The highest BCUT2D eigenvalue weighted by atomic mass is 32.1. The minimum Gasteiger partial charge on any atom is -0.462 e. The van der Waals surface area contributed by atoms with Crippen molar-refractivity contribution in [1.82, 2.24) is 0 Å². The van der Waals surface area contributed by atoms with Crippen molar-refractivity contribution in [3.63, 3.8) is 0 Å². The molecule has 0 bridgehead atoms. The fourth-order valence-electron chi connectivity index (χ4n) is 1.92. The van der Waals surface area contributed by atoms with Crippen molar-refractivity contribution in [3.8, 4) is 0 Å². The van der Waals surface area contributed by atoms with E-state index < -0.39 is 5.82 Å². The number of nitrogens with one attached hydrogen (secondary N) is 1. The van der Waals surface area contributed by atoms with Crippen LogP contribution in [0.5, 0.6) is 0 Å². The molecule has 1 aromatic carbocycles. The number of ether oxygens (including phenoxy) is 1. The first-order valence-corrected chi connectivity index (χ1v) is 7.87. The molecule has 0 atom stereocenters. The van der Waals surface area contributed by atoms with E-state index >= 15 is 0 Å². The van der Waals surface area contributed by atoms with E-state index in [0.29, 0.717) is 28.8 Å². The average Bonchev–Trinajstić information content (AvgIpc) is 2.86. The summed E-state index contributed by atoms with van der Waals surface area (Å²) in [5.74, 6) is -0.490. The molecule has 0 aliphatic heterocycles. The van der Waals surface area contributed by atoms with Gasteiger partial charge in [-0.3, -0.25) is 0 Å². The van der Waals surface area contributed by atoms with E-state index in [0.717, 1.165) is 4.88 Å². The zero-order chi connectivity index (χ0) is 16.3. The second-order valence-corrected chi connectivity index (χ2v) is 6.21. The van der Waals surface area contributed by atoms with Gasteiger partial charge in [-0.05, 0) is 37.1 Å². The normalized spacial score (nSPS) is 10.8. The molecule has 0 fully saturated rings. The Balaban J connectivity index is 2.38. The molecule has 0 saturated carbocycles. The van der Waals surface area contributed by atoms with E-state index in [1.54, 1.807) is 13.0 Å². The fourth-order valence-corrected chi connectivity index (χ4v) is 2.98. The number of nitrogens with two attached hydrogens (primary N) is 1. The van der Waals surface area contributed by atoms with E-state index in [2.05, 4.69) is 19.2 Å². The Morgan fingerprint density at radius 1 is 1.41 bits per heavy atom. The van der Waals surface area contributed by atoms with Gasteiger partial charge in [0.1, 0.15) is 10.8 Å². The van der Waals surface area contributed by atoms with Gasteiger partial charge in [0.2, 0.25) is 0 Å². The summed E-state index contributed by atoms with van der Waals surface area (Å²) in [6.45, 7) is 6.18. The molecule has 3 N–H and O–H groups in total. The van der Waals surface area contributed by atoms with Gasteiger partial charge in [0.05, 0.1) is 23.5 Å². The highest BCUT2D eigenvalue weighted by molar-refractivity contribution is 7.16. The Bertz CT molecular complexity index is 683. The molecule has 0 amide bonds. The highest BCUT2D eigenvalue weighted by Crippen LogP contribution is 2.36. The summed E-state index contributed by atoms with van der Waals surface area (Å²) in [4.78, 5) is 13.1. The molecule has 2 aromatic rings. The smallest absolute Gasteiger partial charge is 0.341 e. The van der Waals surface area contributed by atoms with Crippen molar-refractivity contribution in [2.45, 2.75) is 26.7 Å². The number of benzene rings is 1. The van der Waals surface area contributed by atoms with E-state index in [1.807, 2.05) is 6.07 Å². The van der Waals surface area contributed by atoms with Gasteiger partial charge in [0.25, 0.3) is 0 Å². The molecular weight excluding hydrogens is 303 g/mol. The number of esters is 1. The van der Waals surface area contributed by atoms with E-state index in [4.69, 9.17) is 10.5 Å². The second kappa shape index (κ2) is 6.79. The van der Waals surface area contributed by atoms with Crippen molar-refractivity contribution < 1.29 is 13.9 Å². The molecular formula is C16H19FN2O2S. The lowest BCUT2D eigenvalue weighted by molar-refractivity contribution is 0.0528.